The minimum atomic E-state index is 0.112. The number of fused-ring (bicyclic) bond motifs is 2. The van der Waals surface area contributed by atoms with Crippen LogP contribution in [0.1, 0.15) is 38.5 Å². The molecule has 0 radical (unpaired) electrons. The van der Waals surface area contributed by atoms with Gasteiger partial charge in [-0.05, 0) is 43.4 Å². The van der Waals surface area contributed by atoms with Crippen LogP contribution in [0.4, 0.5) is 0 Å². The van der Waals surface area contributed by atoms with Crippen molar-refractivity contribution in [1.29, 1.82) is 0 Å². The fourth-order valence-electron chi connectivity index (χ4n) is 3.35. The average molecular weight is 210 g/mol. The third-order valence-corrected chi connectivity index (χ3v) is 4.09. The quantitative estimate of drug-likeness (QED) is 0.718. The van der Waals surface area contributed by atoms with Gasteiger partial charge in [0, 0.05) is 19.5 Å². The molecule has 2 aliphatic carbocycles. The van der Waals surface area contributed by atoms with Crippen molar-refractivity contribution < 1.29 is 4.79 Å². The molecule has 2 bridgehead atoms. The van der Waals surface area contributed by atoms with Gasteiger partial charge in [-0.3, -0.25) is 4.79 Å². The van der Waals surface area contributed by atoms with Crippen molar-refractivity contribution in [2.75, 3.05) is 13.1 Å². The van der Waals surface area contributed by atoms with Gasteiger partial charge >= 0.3 is 0 Å². The molecule has 3 unspecified atom stereocenters. The first-order valence-corrected chi connectivity index (χ1v) is 6.26. The minimum absolute atomic E-state index is 0.112. The summed E-state index contributed by atoms with van der Waals surface area (Å²) in [7, 11) is 0. The van der Waals surface area contributed by atoms with Crippen LogP contribution in [0.15, 0.2) is 0 Å². The maximum absolute atomic E-state index is 11.2. The molecule has 86 valence electrons. The SMILES string of the molecule is NCCC(=O)NCCC1CC2CCC1C2. The molecule has 2 saturated carbocycles. The smallest absolute Gasteiger partial charge is 0.221 e. The van der Waals surface area contributed by atoms with Crippen molar-refractivity contribution in [2.45, 2.75) is 38.5 Å². The Labute approximate surface area is 91.8 Å². The van der Waals surface area contributed by atoms with Crippen LogP contribution in [-0.2, 0) is 4.79 Å². The molecule has 15 heavy (non-hydrogen) atoms. The van der Waals surface area contributed by atoms with Gasteiger partial charge in [-0.1, -0.05) is 6.42 Å². The lowest BCUT2D eigenvalue weighted by Gasteiger charge is -2.21. The Morgan fingerprint density at radius 3 is 2.80 bits per heavy atom. The second-order valence-corrected chi connectivity index (χ2v) is 5.11. The molecule has 0 aromatic carbocycles. The molecule has 0 aromatic rings. The highest BCUT2D eigenvalue weighted by Gasteiger charge is 2.38. The maximum Gasteiger partial charge on any atom is 0.221 e. The van der Waals surface area contributed by atoms with Gasteiger partial charge in [-0.25, -0.2) is 0 Å². The summed E-state index contributed by atoms with van der Waals surface area (Å²) in [4.78, 5) is 11.2. The highest BCUT2D eigenvalue weighted by molar-refractivity contribution is 5.75. The Hall–Kier alpha value is -0.570. The van der Waals surface area contributed by atoms with Crippen molar-refractivity contribution in [1.82, 2.24) is 5.32 Å². The summed E-state index contributed by atoms with van der Waals surface area (Å²) in [6.07, 6.45) is 7.42. The summed E-state index contributed by atoms with van der Waals surface area (Å²) >= 11 is 0. The zero-order valence-corrected chi connectivity index (χ0v) is 9.37. The number of carbonyl (C=O) groups excluding carboxylic acids is 1. The van der Waals surface area contributed by atoms with E-state index in [1.165, 1.54) is 32.1 Å². The Morgan fingerprint density at radius 1 is 1.33 bits per heavy atom. The van der Waals surface area contributed by atoms with Gasteiger partial charge in [0.2, 0.25) is 5.91 Å². The van der Waals surface area contributed by atoms with Gasteiger partial charge < -0.3 is 11.1 Å². The maximum atomic E-state index is 11.2. The van der Waals surface area contributed by atoms with Crippen molar-refractivity contribution in [3.8, 4) is 0 Å². The predicted octanol–water partition coefficient (Wildman–Crippen LogP) is 1.28. The molecule has 3 N–H and O–H groups in total. The lowest BCUT2D eigenvalue weighted by molar-refractivity contribution is -0.120. The number of amides is 1. The molecule has 3 nitrogen and oxygen atoms in total. The topological polar surface area (TPSA) is 55.1 Å². The van der Waals surface area contributed by atoms with Gasteiger partial charge in [0.25, 0.3) is 0 Å². The third kappa shape index (κ3) is 2.71. The number of nitrogens with two attached hydrogens (primary N) is 1. The van der Waals surface area contributed by atoms with Crippen LogP contribution in [0.2, 0.25) is 0 Å². The summed E-state index contributed by atoms with van der Waals surface area (Å²) in [5.74, 6) is 2.99. The van der Waals surface area contributed by atoms with Crippen LogP contribution in [0.3, 0.4) is 0 Å². The Morgan fingerprint density at radius 2 is 2.20 bits per heavy atom. The lowest BCUT2D eigenvalue weighted by atomic mass is 9.86. The second kappa shape index (κ2) is 4.97. The van der Waals surface area contributed by atoms with E-state index >= 15 is 0 Å². The first-order valence-electron chi connectivity index (χ1n) is 6.26. The fraction of sp³-hybridized carbons (Fsp3) is 0.917. The van der Waals surface area contributed by atoms with Gasteiger partial charge in [0.15, 0.2) is 0 Å². The zero-order chi connectivity index (χ0) is 10.7. The summed E-state index contributed by atoms with van der Waals surface area (Å²) in [6.45, 7) is 1.31. The molecule has 0 aromatic heterocycles. The molecule has 3 heteroatoms. The van der Waals surface area contributed by atoms with E-state index in [1.807, 2.05) is 0 Å². The van der Waals surface area contributed by atoms with Gasteiger partial charge in [-0.2, -0.15) is 0 Å². The van der Waals surface area contributed by atoms with Crippen LogP contribution in [0.25, 0.3) is 0 Å². The molecule has 0 aliphatic heterocycles. The predicted molar refractivity (Wildman–Crippen MR) is 60.2 cm³/mol. The molecule has 0 heterocycles. The molecule has 0 spiro atoms. The molecule has 2 aliphatic rings. The van der Waals surface area contributed by atoms with E-state index in [4.69, 9.17) is 5.73 Å². The Bertz CT molecular complexity index is 230. The van der Waals surface area contributed by atoms with Crippen molar-refractivity contribution >= 4 is 5.91 Å². The van der Waals surface area contributed by atoms with Crippen LogP contribution >= 0.6 is 0 Å². The van der Waals surface area contributed by atoms with Gasteiger partial charge in [0.05, 0.1) is 0 Å². The normalized spacial score (nSPS) is 33.3. The third-order valence-electron chi connectivity index (χ3n) is 4.09. The molecular formula is C12H22N2O. The number of rotatable bonds is 5. The first kappa shape index (κ1) is 10.9. The van der Waals surface area contributed by atoms with E-state index in [1.54, 1.807) is 0 Å². The summed E-state index contributed by atoms with van der Waals surface area (Å²) in [6, 6.07) is 0. The minimum Gasteiger partial charge on any atom is -0.356 e. The van der Waals surface area contributed by atoms with Gasteiger partial charge in [-0.15, -0.1) is 0 Å². The highest BCUT2D eigenvalue weighted by Crippen LogP contribution is 2.49. The highest BCUT2D eigenvalue weighted by atomic mass is 16.1. The fourth-order valence-corrected chi connectivity index (χ4v) is 3.35. The van der Waals surface area contributed by atoms with Crippen LogP contribution in [0, 0.1) is 17.8 Å². The van der Waals surface area contributed by atoms with E-state index < -0.39 is 0 Å². The van der Waals surface area contributed by atoms with Crippen LogP contribution < -0.4 is 11.1 Å². The number of hydrogen-bond donors (Lipinski definition) is 2. The molecule has 2 rings (SSSR count). The van der Waals surface area contributed by atoms with E-state index in [0.717, 1.165) is 24.3 Å². The average Bonchev–Trinajstić information content (AvgIpc) is 2.79. The second-order valence-electron chi connectivity index (χ2n) is 5.11. The molecular weight excluding hydrogens is 188 g/mol. The monoisotopic (exact) mass is 210 g/mol. The molecule has 1 amide bonds. The first-order chi connectivity index (χ1) is 7.29. The van der Waals surface area contributed by atoms with Crippen molar-refractivity contribution in [3.05, 3.63) is 0 Å². The van der Waals surface area contributed by atoms with E-state index in [2.05, 4.69) is 5.32 Å². The van der Waals surface area contributed by atoms with Crippen molar-refractivity contribution in [3.63, 3.8) is 0 Å². The van der Waals surface area contributed by atoms with Gasteiger partial charge in [0.1, 0.15) is 0 Å². The number of nitrogens with one attached hydrogen (secondary N) is 1. The standard InChI is InChI=1S/C12H22N2O/c13-5-3-12(15)14-6-4-11-8-9-1-2-10(11)7-9/h9-11H,1-8,13H2,(H,14,15). The van der Waals surface area contributed by atoms with E-state index in [0.29, 0.717) is 13.0 Å². The van der Waals surface area contributed by atoms with Crippen LogP contribution in [0.5, 0.6) is 0 Å². The van der Waals surface area contributed by atoms with Crippen molar-refractivity contribution in [2.24, 2.45) is 23.5 Å². The van der Waals surface area contributed by atoms with Crippen LogP contribution in [-0.4, -0.2) is 19.0 Å². The Kier molecular flexibility index (Phi) is 3.62. The largest absolute Gasteiger partial charge is 0.356 e. The Balaban J connectivity index is 1.60. The summed E-state index contributed by atoms with van der Waals surface area (Å²) in [5.41, 5.74) is 5.31. The number of hydrogen-bond acceptors (Lipinski definition) is 2. The summed E-state index contributed by atoms with van der Waals surface area (Å²) < 4.78 is 0. The van der Waals surface area contributed by atoms with E-state index in [9.17, 15) is 4.79 Å². The molecule has 3 atom stereocenters. The molecule has 0 saturated heterocycles. The summed E-state index contributed by atoms with van der Waals surface area (Å²) in [5, 5.41) is 2.95. The number of carbonyl (C=O) groups is 1. The lowest BCUT2D eigenvalue weighted by Crippen LogP contribution is -2.28. The van der Waals surface area contributed by atoms with E-state index in [-0.39, 0.29) is 5.91 Å². The zero-order valence-electron chi connectivity index (χ0n) is 9.37. The molecule has 2 fully saturated rings.